The van der Waals surface area contributed by atoms with Gasteiger partial charge in [-0.3, -0.25) is 0 Å². The van der Waals surface area contributed by atoms with Gasteiger partial charge in [0.05, 0.1) is 18.8 Å². The number of rotatable bonds is 16. The molecule has 29 heavy (non-hydrogen) atoms. The average Bonchev–Trinajstić information content (AvgIpc) is 2.55. The van der Waals surface area contributed by atoms with Crippen LogP contribution >= 0.6 is 0 Å². The molecule has 0 heterocycles. The van der Waals surface area contributed by atoms with Crippen molar-refractivity contribution in [2.45, 2.75) is 124 Å². The fourth-order valence-corrected chi connectivity index (χ4v) is 2.96. The van der Waals surface area contributed by atoms with E-state index in [4.69, 9.17) is 18.9 Å². The van der Waals surface area contributed by atoms with E-state index in [0.29, 0.717) is 19.8 Å². The molecule has 0 rings (SSSR count). The van der Waals surface area contributed by atoms with E-state index in [2.05, 4.69) is 34.6 Å². The number of aliphatic hydroxyl groups is 1. The monoisotopic (exact) mass is 418 g/mol. The first-order valence-corrected chi connectivity index (χ1v) is 11.6. The van der Waals surface area contributed by atoms with E-state index in [1.54, 1.807) is 6.92 Å². The summed E-state index contributed by atoms with van der Waals surface area (Å²) < 4.78 is 24.5. The van der Waals surface area contributed by atoms with E-state index >= 15 is 0 Å². The fraction of sp³-hybridized carbons (Fsp3) is 1.00. The summed E-state index contributed by atoms with van der Waals surface area (Å²) in [6.45, 7) is 19.7. The van der Waals surface area contributed by atoms with E-state index in [9.17, 15) is 5.11 Å². The molecule has 0 spiro atoms. The zero-order valence-corrected chi connectivity index (χ0v) is 20.9. The van der Waals surface area contributed by atoms with Crippen molar-refractivity contribution in [3.63, 3.8) is 0 Å². The molecule has 2 unspecified atom stereocenters. The third-order valence-corrected chi connectivity index (χ3v) is 4.47. The van der Waals surface area contributed by atoms with Crippen LogP contribution in [0.15, 0.2) is 0 Å². The van der Waals surface area contributed by atoms with E-state index < -0.39 is 17.2 Å². The van der Waals surface area contributed by atoms with Crippen LogP contribution in [0.5, 0.6) is 0 Å². The molecule has 5 heteroatoms. The lowest BCUT2D eigenvalue weighted by Gasteiger charge is -2.47. The van der Waals surface area contributed by atoms with Crippen molar-refractivity contribution >= 4 is 0 Å². The Morgan fingerprint density at radius 3 is 1.72 bits per heavy atom. The lowest BCUT2D eigenvalue weighted by molar-refractivity contribution is -0.420. The third-order valence-electron chi connectivity index (χ3n) is 4.47. The molecule has 0 bridgehead atoms. The summed E-state index contributed by atoms with van der Waals surface area (Å²) in [6, 6.07) is 0. The zero-order chi connectivity index (χ0) is 22.6. The minimum atomic E-state index is -1.66. The molecule has 1 N–H and O–H groups in total. The highest BCUT2D eigenvalue weighted by Gasteiger charge is 2.54. The zero-order valence-electron chi connectivity index (χ0n) is 20.9. The molecule has 0 fully saturated rings. The minimum absolute atomic E-state index is 0.0863. The molecule has 0 saturated carbocycles. The fourth-order valence-electron chi connectivity index (χ4n) is 2.96. The van der Waals surface area contributed by atoms with Gasteiger partial charge in [-0.2, -0.15) is 0 Å². The molecule has 0 aromatic carbocycles. The van der Waals surface area contributed by atoms with E-state index in [1.165, 1.54) is 12.8 Å². The normalized spacial score (nSPS) is 17.2. The lowest BCUT2D eigenvalue weighted by Crippen LogP contribution is -2.63. The molecule has 0 aliphatic rings. The third kappa shape index (κ3) is 13.0. The summed E-state index contributed by atoms with van der Waals surface area (Å²) >= 11 is 0. The Balaban J connectivity index is 5.47. The highest BCUT2D eigenvalue weighted by molar-refractivity contribution is 4.88. The number of hydrogen-bond donors (Lipinski definition) is 1. The van der Waals surface area contributed by atoms with Gasteiger partial charge in [-0.25, -0.2) is 0 Å². The van der Waals surface area contributed by atoms with Crippen LogP contribution in [0, 0.1) is 5.41 Å². The van der Waals surface area contributed by atoms with Crippen molar-refractivity contribution in [1.82, 2.24) is 0 Å². The van der Waals surface area contributed by atoms with E-state index in [1.807, 2.05) is 20.8 Å². The van der Waals surface area contributed by atoms with Crippen molar-refractivity contribution in [2.24, 2.45) is 5.41 Å². The molecular formula is C24H50O5. The van der Waals surface area contributed by atoms with Gasteiger partial charge in [0.1, 0.15) is 6.61 Å². The number of ether oxygens (including phenoxy) is 4. The largest absolute Gasteiger partial charge is 0.376 e. The van der Waals surface area contributed by atoms with Crippen LogP contribution in [-0.2, 0) is 18.9 Å². The number of hydrogen-bond acceptors (Lipinski definition) is 5. The second kappa shape index (κ2) is 13.3. The smallest absolute Gasteiger partial charge is 0.247 e. The van der Waals surface area contributed by atoms with Gasteiger partial charge in [-0.15, -0.1) is 0 Å². The van der Waals surface area contributed by atoms with Gasteiger partial charge in [0.25, 0.3) is 0 Å². The van der Waals surface area contributed by atoms with Crippen LogP contribution in [0.3, 0.4) is 0 Å². The van der Waals surface area contributed by atoms with Gasteiger partial charge in [0, 0.05) is 6.61 Å². The highest BCUT2D eigenvalue weighted by atomic mass is 16.8. The second-order valence-electron chi connectivity index (χ2n) is 10.5. The molecule has 0 aliphatic heterocycles. The standard InChI is InChI=1S/C24H50O5/c1-10-12-14-16-17-26-20-24(27-18-15-13-11-2,28-19-21(3,4)5)23(9,25)29-22(6,7)8/h25H,10-20H2,1-9H3. The van der Waals surface area contributed by atoms with Crippen LogP contribution in [0.1, 0.15) is 107 Å². The van der Waals surface area contributed by atoms with Crippen molar-refractivity contribution in [3.8, 4) is 0 Å². The summed E-state index contributed by atoms with van der Waals surface area (Å²) in [5, 5.41) is 11.4. The average molecular weight is 419 g/mol. The molecule has 0 aromatic rings. The first-order chi connectivity index (χ1) is 13.3. The Morgan fingerprint density at radius 2 is 1.21 bits per heavy atom. The van der Waals surface area contributed by atoms with Crippen molar-refractivity contribution in [3.05, 3.63) is 0 Å². The van der Waals surface area contributed by atoms with Gasteiger partial charge in [0.2, 0.25) is 11.6 Å². The van der Waals surface area contributed by atoms with Gasteiger partial charge in [-0.1, -0.05) is 66.7 Å². The Labute approximate surface area is 180 Å². The molecule has 0 radical (unpaired) electrons. The molecule has 0 amide bonds. The maximum Gasteiger partial charge on any atom is 0.247 e. The summed E-state index contributed by atoms with van der Waals surface area (Å²) in [4.78, 5) is 0. The van der Waals surface area contributed by atoms with Crippen LogP contribution < -0.4 is 0 Å². The predicted molar refractivity (Wildman–Crippen MR) is 120 cm³/mol. The predicted octanol–water partition coefficient (Wildman–Crippen LogP) is 6.07. The quantitative estimate of drug-likeness (QED) is 0.243. The highest BCUT2D eigenvalue weighted by Crippen LogP contribution is 2.35. The summed E-state index contributed by atoms with van der Waals surface area (Å²) in [7, 11) is 0. The molecule has 0 aliphatic carbocycles. The lowest BCUT2D eigenvalue weighted by atomic mass is 9.97. The number of unbranched alkanes of at least 4 members (excludes halogenated alkanes) is 5. The Hall–Kier alpha value is -0.200. The second-order valence-corrected chi connectivity index (χ2v) is 10.5. The molecule has 0 aromatic heterocycles. The maximum atomic E-state index is 11.4. The van der Waals surface area contributed by atoms with Crippen LogP contribution in [-0.4, -0.2) is 48.7 Å². The molecule has 0 saturated heterocycles. The van der Waals surface area contributed by atoms with Crippen LogP contribution in [0.25, 0.3) is 0 Å². The maximum absolute atomic E-state index is 11.4. The summed E-state index contributed by atoms with van der Waals surface area (Å²) in [6.07, 6.45) is 7.58. The van der Waals surface area contributed by atoms with Crippen molar-refractivity contribution in [1.29, 1.82) is 0 Å². The molecule has 5 nitrogen and oxygen atoms in total. The topological polar surface area (TPSA) is 57.2 Å². The van der Waals surface area contributed by atoms with Gasteiger partial charge >= 0.3 is 0 Å². The molecular weight excluding hydrogens is 368 g/mol. The Morgan fingerprint density at radius 1 is 0.655 bits per heavy atom. The molecule has 176 valence electrons. The van der Waals surface area contributed by atoms with E-state index in [0.717, 1.165) is 32.1 Å². The molecule has 2 atom stereocenters. The first-order valence-electron chi connectivity index (χ1n) is 11.6. The van der Waals surface area contributed by atoms with Gasteiger partial charge in [-0.05, 0) is 46.0 Å². The SMILES string of the molecule is CCCCCCOCC(OCCCCC)(OCC(C)(C)C)C(C)(O)OC(C)(C)C. The van der Waals surface area contributed by atoms with E-state index in [-0.39, 0.29) is 12.0 Å². The van der Waals surface area contributed by atoms with Crippen LogP contribution in [0.2, 0.25) is 0 Å². The summed E-state index contributed by atoms with van der Waals surface area (Å²) in [5.74, 6) is -3.04. The summed E-state index contributed by atoms with van der Waals surface area (Å²) in [5.41, 5.74) is -0.648. The van der Waals surface area contributed by atoms with Crippen molar-refractivity contribution in [2.75, 3.05) is 26.4 Å². The van der Waals surface area contributed by atoms with Gasteiger partial charge in [0.15, 0.2) is 0 Å². The van der Waals surface area contributed by atoms with Gasteiger partial charge < -0.3 is 24.1 Å². The van der Waals surface area contributed by atoms with Crippen LogP contribution in [0.4, 0.5) is 0 Å². The first kappa shape index (κ1) is 28.8. The van der Waals surface area contributed by atoms with Crippen molar-refractivity contribution < 1.29 is 24.1 Å². The Bertz CT molecular complexity index is 408. The minimum Gasteiger partial charge on any atom is -0.376 e. The Kier molecular flexibility index (Phi) is 13.2.